The topological polar surface area (TPSA) is 50.9 Å². The maximum absolute atomic E-state index is 12.7. The van der Waals surface area contributed by atoms with Crippen LogP contribution in [0.3, 0.4) is 0 Å². The summed E-state index contributed by atoms with van der Waals surface area (Å²) in [6, 6.07) is 8.42. The Labute approximate surface area is 125 Å². The number of hydrogen-bond acceptors (Lipinski definition) is 3. The molecule has 0 radical (unpaired) electrons. The molecule has 110 valence electrons. The normalized spacial score (nSPS) is 11.2. The number of nitrogens with zero attached hydrogens (tertiary/aromatic N) is 1. The van der Waals surface area contributed by atoms with E-state index in [1.807, 2.05) is 0 Å². The zero-order valence-corrected chi connectivity index (χ0v) is 11.8. The van der Waals surface area contributed by atoms with E-state index in [0.29, 0.717) is 22.8 Å². The molecular weight excluding hydrogens is 299 g/mol. The van der Waals surface area contributed by atoms with Gasteiger partial charge in [0.05, 0.1) is 11.3 Å². The second kappa shape index (κ2) is 5.69. The number of halogens is 3. The van der Waals surface area contributed by atoms with Gasteiger partial charge in [-0.15, -0.1) is 0 Å². The lowest BCUT2D eigenvalue weighted by Crippen LogP contribution is -2.12. The van der Waals surface area contributed by atoms with Gasteiger partial charge in [-0.3, -0.25) is 0 Å². The molecule has 0 bridgehead atoms. The van der Waals surface area contributed by atoms with Gasteiger partial charge in [0.25, 0.3) is 0 Å². The minimum absolute atomic E-state index is 0.124. The molecule has 3 N–H and O–H groups in total. The zero-order chi connectivity index (χ0) is 15.6. The highest BCUT2D eigenvalue weighted by molar-refractivity contribution is 7.80. The molecule has 21 heavy (non-hydrogen) atoms. The number of alkyl halides is 3. The number of anilines is 2. The van der Waals surface area contributed by atoms with E-state index in [2.05, 4.69) is 10.3 Å². The molecule has 0 unspecified atom stereocenters. The molecule has 0 spiro atoms. The van der Waals surface area contributed by atoms with Crippen LogP contribution in [0.4, 0.5) is 24.7 Å². The summed E-state index contributed by atoms with van der Waals surface area (Å²) in [6.07, 6.45) is -4.39. The Morgan fingerprint density at radius 1 is 1.24 bits per heavy atom. The van der Waals surface area contributed by atoms with Gasteiger partial charge in [-0.1, -0.05) is 24.4 Å². The summed E-state index contributed by atoms with van der Waals surface area (Å²) in [5, 5.41) is 2.85. The molecule has 2 aromatic rings. The fraction of sp³-hybridized carbons (Fsp3) is 0.143. The van der Waals surface area contributed by atoms with Crippen molar-refractivity contribution in [2.75, 3.05) is 5.32 Å². The van der Waals surface area contributed by atoms with Crippen LogP contribution in [0.1, 0.15) is 16.8 Å². The molecule has 1 heterocycles. The molecular formula is C14H12F3N3S. The molecule has 7 heteroatoms. The Kier molecular flexibility index (Phi) is 4.13. The van der Waals surface area contributed by atoms with Crippen LogP contribution in [-0.2, 0) is 6.18 Å². The van der Waals surface area contributed by atoms with Gasteiger partial charge in [-0.2, -0.15) is 13.2 Å². The van der Waals surface area contributed by atoms with Crippen LogP contribution in [0.2, 0.25) is 0 Å². The van der Waals surface area contributed by atoms with E-state index < -0.39 is 11.7 Å². The second-order valence-electron chi connectivity index (χ2n) is 4.42. The average molecular weight is 311 g/mol. The molecule has 1 aromatic carbocycles. The van der Waals surface area contributed by atoms with Crippen molar-refractivity contribution in [3.63, 3.8) is 0 Å². The predicted molar refractivity (Wildman–Crippen MR) is 79.6 cm³/mol. The molecule has 0 saturated carbocycles. The van der Waals surface area contributed by atoms with Gasteiger partial charge in [0.1, 0.15) is 10.8 Å². The van der Waals surface area contributed by atoms with E-state index in [0.717, 1.165) is 12.1 Å². The summed E-state index contributed by atoms with van der Waals surface area (Å²) in [5.74, 6) is 0.378. The first-order chi connectivity index (χ1) is 9.77. The molecule has 2 rings (SSSR count). The fourth-order valence-electron chi connectivity index (χ4n) is 1.71. The third kappa shape index (κ3) is 3.69. The SMILES string of the molecule is Cc1ccc(C(F)(F)F)cc1Nc1cccc(C(N)=S)n1. The molecule has 3 nitrogen and oxygen atoms in total. The third-order valence-corrected chi connectivity index (χ3v) is 3.04. The average Bonchev–Trinajstić information content (AvgIpc) is 2.40. The van der Waals surface area contributed by atoms with E-state index in [1.165, 1.54) is 6.07 Å². The minimum atomic E-state index is -4.39. The Hall–Kier alpha value is -2.15. The maximum Gasteiger partial charge on any atom is 0.416 e. The van der Waals surface area contributed by atoms with E-state index >= 15 is 0 Å². The molecule has 0 amide bonds. The highest BCUT2D eigenvalue weighted by Gasteiger charge is 2.30. The number of rotatable bonds is 3. The monoisotopic (exact) mass is 311 g/mol. The van der Waals surface area contributed by atoms with E-state index in [9.17, 15) is 13.2 Å². The zero-order valence-electron chi connectivity index (χ0n) is 11.0. The fourth-order valence-corrected chi connectivity index (χ4v) is 1.83. The van der Waals surface area contributed by atoms with E-state index in [4.69, 9.17) is 18.0 Å². The number of benzene rings is 1. The van der Waals surface area contributed by atoms with Gasteiger partial charge in [-0.05, 0) is 36.8 Å². The quantitative estimate of drug-likeness (QED) is 0.847. The Bertz CT molecular complexity index is 683. The first-order valence-electron chi connectivity index (χ1n) is 5.99. The van der Waals surface area contributed by atoms with Crippen molar-refractivity contribution < 1.29 is 13.2 Å². The molecule has 0 atom stereocenters. The number of aromatic nitrogens is 1. The Morgan fingerprint density at radius 2 is 1.95 bits per heavy atom. The maximum atomic E-state index is 12.7. The standard InChI is InChI=1S/C14H12F3N3S/c1-8-5-6-9(14(15,16)17)7-11(8)20-12-4-2-3-10(19-12)13(18)21/h2-7H,1H3,(H2,18,21)(H,19,20). The summed E-state index contributed by atoms with van der Waals surface area (Å²) in [5.41, 5.74) is 6.16. The van der Waals surface area contributed by atoms with Gasteiger partial charge >= 0.3 is 6.18 Å². The van der Waals surface area contributed by atoms with E-state index in [1.54, 1.807) is 25.1 Å². The summed E-state index contributed by atoms with van der Waals surface area (Å²) in [7, 11) is 0. The third-order valence-electron chi connectivity index (χ3n) is 2.83. The molecule has 0 saturated heterocycles. The van der Waals surface area contributed by atoms with E-state index in [-0.39, 0.29) is 4.99 Å². The smallest absolute Gasteiger partial charge is 0.388 e. The van der Waals surface area contributed by atoms with Crippen molar-refractivity contribution >= 4 is 28.7 Å². The van der Waals surface area contributed by atoms with Crippen LogP contribution in [0.5, 0.6) is 0 Å². The van der Waals surface area contributed by atoms with Gasteiger partial charge in [0.2, 0.25) is 0 Å². The molecule has 0 fully saturated rings. The van der Waals surface area contributed by atoms with Crippen LogP contribution < -0.4 is 11.1 Å². The Morgan fingerprint density at radius 3 is 2.57 bits per heavy atom. The first kappa shape index (κ1) is 15.2. The van der Waals surface area contributed by atoms with Crippen molar-refractivity contribution in [3.8, 4) is 0 Å². The van der Waals surface area contributed by atoms with Gasteiger partial charge in [-0.25, -0.2) is 4.98 Å². The van der Waals surface area contributed by atoms with Crippen LogP contribution in [-0.4, -0.2) is 9.97 Å². The lowest BCUT2D eigenvalue weighted by molar-refractivity contribution is -0.137. The van der Waals surface area contributed by atoms with Crippen LogP contribution in [0.25, 0.3) is 0 Å². The number of pyridine rings is 1. The highest BCUT2D eigenvalue weighted by Crippen LogP contribution is 2.32. The summed E-state index contributed by atoms with van der Waals surface area (Å²) >= 11 is 4.82. The molecule has 0 aliphatic carbocycles. The molecule has 0 aliphatic rings. The first-order valence-corrected chi connectivity index (χ1v) is 6.40. The number of nitrogens with one attached hydrogen (secondary N) is 1. The van der Waals surface area contributed by atoms with Crippen LogP contribution >= 0.6 is 12.2 Å². The summed E-state index contributed by atoms with van der Waals surface area (Å²) < 4.78 is 38.2. The number of aryl methyl sites for hydroxylation is 1. The molecule has 0 aliphatic heterocycles. The largest absolute Gasteiger partial charge is 0.416 e. The minimum Gasteiger partial charge on any atom is -0.388 e. The Balaban J connectivity index is 2.35. The number of nitrogens with two attached hydrogens (primary N) is 1. The van der Waals surface area contributed by atoms with Crippen LogP contribution in [0, 0.1) is 6.92 Å². The highest BCUT2D eigenvalue weighted by atomic mass is 32.1. The lowest BCUT2D eigenvalue weighted by atomic mass is 10.1. The summed E-state index contributed by atoms with van der Waals surface area (Å²) in [4.78, 5) is 4.27. The van der Waals surface area contributed by atoms with Crippen molar-refractivity contribution in [2.45, 2.75) is 13.1 Å². The van der Waals surface area contributed by atoms with Gasteiger partial charge in [0.15, 0.2) is 0 Å². The van der Waals surface area contributed by atoms with Crippen molar-refractivity contribution in [3.05, 3.63) is 53.2 Å². The molecule has 1 aromatic heterocycles. The van der Waals surface area contributed by atoms with Crippen molar-refractivity contribution in [2.24, 2.45) is 5.73 Å². The predicted octanol–water partition coefficient (Wildman–Crippen LogP) is 3.79. The summed E-state index contributed by atoms with van der Waals surface area (Å²) in [6.45, 7) is 1.71. The van der Waals surface area contributed by atoms with Crippen molar-refractivity contribution in [1.29, 1.82) is 0 Å². The van der Waals surface area contributed by atoms with Crippen molar-refractivity contribution in [1.82, 2.24) is 4.98 Å². The van der Waals surface area contributed by atoms with Crippen LogP contribution in [0.15, 0.2) is 36.4 Å². The van der Waals surface area contributed by atoms with Gasteiger partial charge in [0, 0.05) is 5.69 Å². The number of hydrogen-bond donors (Lipinski definition) is 2. The number of thiocarbonyl (C=S) groups is 1. The second-order valence-corrected chi connectivity index (χ2v) is 4.86. The lowest BCUT2D eigenvalue weighted by Gasteiger charge is -2.13. The van der Waals surface area contributed by atoms with Gasteiger partial charge < -0.3 is 11.1 Å².